The minimum Gasteiger partial charge on any atom is -0.508 e. The fraction of sp³-hybridized carbons (Fsp3) is 0.500. The van der Waals surface area contributed by atoms with Gasteiger partial charge in [-0.05, 0) is 75.9 Å². The molecule has 0 amide bonds. The topological polar surface area (TPSA) is 56.6 Å². The van der Waals surface area contributed by atoms with Crippen molar-refractivity contribution in [1.29, 1.82) is 0 Å². The first-order valence-corrected chi connectivity index (χ1v) is 9.70. The lowest BCUT2D eigenvalue weighted by molar-refractivity contribution is 0.0489. The fourth-order valence-electron chi connectivity index (χ4n) is 4.20. The van der Waals surface area contributed by atoms with E-state index in [1.54, 1.807) is 30.5 Å². The van der Waals surface area contributed by atoms with E-state index >= 15 is 0 Å². The van der Waals surface area contributed by atoms with E-state index in [-0.39, 0.29) is 5.75 Å². The highest BCUT2D eigenvalue weighted by Gasteiger charge is 2.33. The number of phenols is 1. The fourth-order valence-corrected chi connectivity index (χ4v) is 4.20. The highest BCUT2D eigenvalue weighted by atomic mass is 16.3. The third-order valence-electron chi connectivity index (χ3n) is 5.76. The van der Waals surface area contributed by atoms with Crippen LogP contribution in [0.15, 0.2) is 48.7 Å². The lowest BCUT2D eigenvalue weighted by Crippen LogP contribution is -2.44. The number of piperidine rings is 1. The van der Waals surface area contributed by atoms with Crippen molar-refractivity contribution in [2.45, 2.75) is 63.6 Å². The molecule has 3 atom stereocenters. The predicted molar refractivity (Wildman–Crippen MR) is 104 cm³/mol. The molecule has 2 heterocycles. The van der Waals surface area contributed by atoms with Crippen LogP contribution in [0.2, 0.25) is 0 Å². The number of nitrogens with zero attached hydrogens (tertiary/aromatic N) is 2. The highest BCUT2D eigenvalue weighted by Crippen LogP contribution is 2.34. The van der Waals surface area contributed by atoms with E-state index in [0.29, 0.717) is 24.2 Å². The average Bonchev–Trinajstić information content (AvgIpc) is 2.65. The number of phenolic OH excluding ortho intramolecular Hbond substituents is 1. The number of aromatic nitrogens is 1. The van der Waals surface area contributed by atoms with Gasteiger partial charge in [0.25, 0.3) is 0 Å². The van der Waals surface area contributed by atoms with E-state index in [9.17, 15) is 10.2 Å². The number of aliphatic hydroxyl groups is 1. The van der Waals surface area contributed by atoms with E-state index in [1.807, 2.05) is 18.2 Å². The zero-order valence-electron chi connectivity index (χ0n) is 15.8. The molecule has 2 N–H and O–H groups in total. The molecule has 3 rings (SSSR count). The van der Waals surface area contributed by atoms with Crippen LogP contribution < -0.4 is 0 Å². The summed E-state index contributed by atoms with van der Waals surface area (Å²) >= 11 is 0. The van der Waals surface area contributed by atoms with Crippen molar-refractivity contribution in [3.8, 4) is 5.75 Å². The van der Waals surface area contributed by atoms with E-state index in [0.717, 1.165) is 18.5 Å². The van der Waals surface area contributed by atoms with Crippen LogP contribution in [-0.2, 0) is 5.60 Å². The Labute approximate surface area is 156 Å². The zero-order valence-corrected chi connectivity index (χ0v) is 15.8. The Bertz CT molecular complexity index is 679. The Morgan fingerprint density at radius 1 is 1.08 bits per heavy atom. The molecule has 0 aliphatic carbocycles. The van der Waals surface area contributed by atoms with Gasteiger partial charge in [0.2, 0.25) is 0 Å². The zero-order chi connectivity index (χ0) is 18.6. The molecule has 26 heavy (non-hydrogen) atoms. The summed E-state index contributed by atoms with van der Waals surface area (Å²) in [4.78, 5) is 6.99. The molecule has 1 saturated heterocycles. The number of benzene rings is 1. The Morgan fingerprint density at radius 3 is 2.38 bits per heavy atom. The molecule has 4 heteroatoms. The summed E-state index contributed by atoms with van der Waals surface area (Å²) < 4.78 is 0. The maximum absolute atomic E-state index is 11.5. The Hall–Kier alpha value is -1.91. The minimum atomic E-state index is -1.14. The molecule has 0 saturated carbocycles. The standard InChI is InChI=1S/C22H30N2O2/c1-17-7-5-8-18(2)24(17)16-6-14-22(26,21-9-3-4-15-23-21)19-10-12-20(25)13-11-19/h3-4,9-13,15,17-18,25-26H,5-8,14,16H2,1-2H3/t17-,18+,22-/m0/s1. The maximum atomic E-state index is 11.5. The molecule has 1 aromatic heterocycles. The van der Waals surface area contributed by atoms with Crippen LogP contribution in [0, 0.1) is 0 Å². The molecule has 0 unspecified atom stereocenters. The molecule has 0 spiro atoms. The summed E-state index contributed by atoms with van der Waals surface area (Å²) in [6.45, 7) is 5.59. The van der Waals surface area contributed by atoms with Crippen LogP contribution >= 0.6 is 0 Å². The van der Waals surface area contributed by atoms with Crippen LogP contribution in [0.5, 0.6) is 5.75 Å². The molecule has 1 aromatic carbocycles. The van der Waals surface area contributed by atoms with Gasteiger partial charge in [-0.25, -0.2) is 0 Å². The van der Waals surface area contributed by atoms with Crippen LogP contribution in [0.3, 0.4) is 0 Å². The first-order chi connectivity index (χ1) is 12.5. The lowest BCUT2D eigenvalue weighted by Gasteiger charge is -2.39. The molecule has 1 aliphatic heterocycles. The second kappa shape index (κ2) is 8.19. The van der Waals surface area contributed by atoms with Crippen molar-refractivity contribution >= 4 is 0 Å². The Balaban J connectivity index is 1.77. The minimum absolute atomic E-state index is 0.202. The van der Waals surface area contributed by atoms with Crippen molar-refractivity contribution in [2.75, 3.05) is 6.54 Å². The normalized spacial score (nSPS) is 23.5. The van der Waals surface area contributed by atoms with Gasteiger partial charge >= 0.3 is 0 Å². The van der Waals surface area contributed by atoms with E-state index in [1.165, 1.54) is 19.3 Å². The van der Waals surface area contributed by atoms with Crippen LogP contribution in [-0.4, -0.2) is 38.7 Å². The van der Waals surface area contributed by atoms with E-state index in [4.69, 9.17) is 0 Å². The summed E-state index contributed by atoms with van der Waals surface area (Å²) in [6, 6.07) is 13.7. The van der Waals surface area contributed by atoms with Gasteiger partial charge in [0.05, 0.1) is 5.69 Å². The number of rotatable bonds is 6. The number of hydrogen-bond acceptors (Lipinski definition) is 4. The quantitative estimate of drug-likeness (QED) is 0.821. The first kappa shape index (κ1) is 18.9. The molecule has 1 aliphatic rings. The number of pyridine rings is 1. The van der Waals surface area contributed by atoms with Gasteiger partial charge in [0.15, 0.2) is 0 Å². The second-order valence-electron chi connectivity index (χ2n) is 7.59. The summed E-state index contributed by atoms with van der Waals surface area (Å²) in [7, 11) is 0. The monoisotopic (exact) mass is 354 g/mol. The Morgan fingerprint density at radius 2 is 1.77 bits per heavy atom. The molecule has 0 radical (unpaired) electrons. The SMILES string of the molecule is C[C@@H]1CCC[C@H](C)N1CCC[C@](O)(c1ccc(O)cc1)c1ccccn1. The molecule has 4 nitrogen and oxygen atoms in total. The highest BCUT2D eigenvalue weighted by molar-refractivity contribution is 5.35. The van der Waals surface area contributed by atoms with Gasteiger partial charge in [-0.3, -0.25) is 9.88 Å². The summed E-state index contributed by atoms with van der Waals surface area (Å²) in [6.07, 6.45) is 7.03. The molecular formula is C22H30N2O2. The van der Waals surface area contributed by atoms with Crippen LogP contribution in [0.1, 0.15) is 57.2 Å². The van der Waals surface area contributed by atoms with Gasteiger partial charge in [0, 0.05) is 18.3 Å². The molecule has 1 fully saturated rings. The molecule has 0 bridgehead atoms. The van der Waals surface area contributed by atoms with Crippen LogP contribution in [0.25, 0.3) is 0 Å². The Kier molecular flexibility index (Phi) is 5.94. The van der Waals surface area contributed by atoms with Crippen molar-refractivity contribution in [2.24, 2.45) is 0 Å². The van der Waals surface area contributed by atoms with Crippen molar-refractivity contribution in [3.63, 3.8) is 0 Å². The molecular weight excluding hydrogens is 324 g/mol. The molecule has 2 aromatic rings. The van der Waals surface area contributed by atoms with Crippen molar-refractivity contribution in [3.05, 3.63) is 59.9 Å². The smallest absolute Gasteiger partial charge is 0.131 e. The summed E-state index contributed by atoms with van der Waals surface area (Å²) in [5.74, 6) is 0.202. The van der Waals surface area contributed by atoms with Crippen LogP contribution in [0.4, 0.5) is 0 Å². The first-order valence-electron chi connectivity index (χ1n) is 9.70. The summed E-state index contributed by atoms with van der Waals surface area (Å²) in [5, 5.41) is 21.1. The van der Waals surface area contributed by atoms with Gasteiger partial charge in [-0.2, -0.15) is 0 Å². The van der Waals surface area contributed by atoms with Crippen molar-refractivity contribution < 1.29 is 10.2 Å². The number of likely N-dealkylation sites (tertiary alicyclic amines) is 1. The van der Waals surface area contributed by atoms with Gasteiger partial charge in [-0.1, -0.05) is 24.6 Å². The van der Waals surface area contributed by atoms with Crippen molar-refractivity contribution in [1.82, 2.24) is 9.88 Å². The second-order valence-corrected chi connectivity index (χ2v) is 7.59. The van der Waals surface area contributed by atoms with Gasteiger partial charge < -0.3 is 10.2 Å². The third kappa shape index (κ3) is 4.08. The maximum Gasteiger partial charge on any atom is 0.131 e. The summed E-state index contributed by atoms with van der Waals surface area (Å²) in [5.41, 5.74) is 0.288. The third-order valence-corrected chi connectivity index (χ3v) is 5.76. The predicted octanol–water partition coefficient (Wildman–Crippen LogP) is 4.07. The van der Waals surface area contributed by atoms with E-state index < -0.39 is 5.60 Å². The van der Waals surface area contributed by atoms with Gasteiger partial charge in [0.1, 0.15) is 11.4 Å². The average molecular weight is 354 g/mol. The number of aromatic hydroxyl groups is 1. The molecule has 140 valence electrons. The van der Waals surface area contributed by atoms with E-state index in [2.05, 4.69) is 23.7 Å². The number of hydrogen-bond donors (Lipinski definition) is 2. The largest absolute Gasteiger partial charge is 0.508 e. The lowest BCUT2D eigenvalue weighted by atomic mass is 9.85. The van der Waals surface area contributed by atoms with Gasteiger partial charge in [-0.15, -0.1) is 0 Å².